The van der Waals surface area contributed by atoms with E-state index in [2.05, 4.69) is 0 Å². The molecule has 0 bridgehead atoms. The number of hydrogen-bond donors (Lipinski definition) is 0. The number of ketones is 1. The van der Waals surface area contributed by atoms with E-state index in [0.717, 1.165) is 5.56 Å². The number of fused-ring (bicyclic) bond motifs is 1. The van der Waals surface area contributed by atoms with Gasteiger partial charge in [0.25, 0.3) is 0 Å². The Labute approximate surface area is 179 Å². The molecule has 2 aromatic rings. The summed E-state index contributed by atoms with van der Waals surface area (Å²) in [6.45, 7) is 5.20. The summed E-state index contributed by atoms with van der Waals surface area (Å²) < 4.78 is 15.4. The van der Waals surface area contributed by atoms with E-state index in [-0.39, 0.29) is 12.4 Å². The predicted molar refractivity (Wildman–Crippen MR) is 114 cm³/mol. The third kappa shape index (κ3) is 5.10. The highest BCUT2D eigenvalue weighted by atomic mass is 32.2. The third-order valence-corrected chi connectivity index (χ3v) is 5.22. The Kier molecular flexibility index (Phi) is 6.31. The van der Waals surface area contributed by atoms with Gasteiger partial charge in [-0.2, -0.15) is 0 Å². The van der Waals surface area contributed by atoms with Gasteiger partial charge in [0, 0.05) is 10.5 Å². The average molecular weight is 426 g/mol. The van der Waals surface area contributed by atoms with Crippen LogP contribution in [0.1, 0.15) is 47.1 Å². The average Bonchev–Trinajstić information content (AvgIpc) is 3.01. The van der Waals surface area contributed by atoms with Crippen LogP contribution in [0.15, 0.2) is 52.3 Å². The van der Waals surface area contributed by atoms with Gasteiger partial charge in [-0.25, -0.2) is 9.59 Å². The second-order valence-electron chi connectivity index (χ2n) is 7.56. The van der Waals surface area contributed by atoms with Crippen molar-refractivity contribution in [3.8, 4) is 5.75 Å². The molecule has 6 nitrogen and oxygen atoms in total. The van der Waals surface area contributed by atoms with Crippen molar-refractivity contribution in [2.45, 2.75) is 31.3 Å². The van der Waals surface area contributed by atoms with Gasteiger partial charge in [0.1, 0.15) is 11.4 Å². The zero-order chi connectivity index (χ0) is 21.9. The highest BCUT2D eigenvalue weighted by Crippen LogP contribution is 2.43. The molecule has 30 heavy (non-hydrogen) atoms. The fraction of sp³-hybridized carbons (Fsp3) is 0.261. The fourth-order valence-electron chi connectivity index (χ4n) is 2.81. The van der Waals surface area contributed by atoms with Crippen LogP contribution in [0.25, 0.3) is 6.08 Å². The number of Topliss-reactive ketones (excluding diaryl/α,β-unsaturated/α-hetero) is 1. The Balaban J connectivity index is 1.70. The summed E-state index contributed by atoms with van der Waals surface area (Å²) in [6.07, 6.45) is 1.76. The van der Waals surface area contributed by atoms with Gasteiger partial charge < -0.3 is 14.2 Å². The molecular formula is C23H22O6S. The molecule has 0 radical (unpaired) electrons. The first-order valence-electron chi connectivity index (χ1n) is 9.28. The maximum Gasteiger partial charge on any atom is 0.344 e. The van der Waals surface area contributed by atoms with Crippen LogP contribution in [-0.4, -0.2) is 37.0 Å². The molecule has 156 valence electrons. The lowest BCUT2D eigenvalue weighted by Crippen LogP contribution is -2.27. The lowest BCUT2D eigenvalue weighted by atomic mass is 10.1. The quantitative estimate of drug-likeness (QED) is 0.514. The molecule has 0 spiro atoms. The molecule has 7 heteroatoms. The summed E-state index contributed by atoms with van der Waals surface area (Å²) in [4.78, 5) is 37.5. The number of esters is 2. The molecule has 1 heterocycles. The molecule has 0 N–H and O–H groups in total. The van der Waals surface area contributed by atoms with Crippen LogP contribution in [-0.2, 0) is 14.3 Å². The summed E-state index contributed by atoms with van der Waals surface area (Å²) in [5.41, 5.74) is 1.10. The minimum Gasteiger partial charge on any atom is -0.482 e. The van der Waals surface area contributed by atoms with Gasteiger partial charge in [0.15, 0.2) is 6.61 Å². The Morgan fingerprint density at radius 2 is 1.77 bits per heavy atom. The van der Waals surface area contributed by atoms with Crippen molar-refractivity contribution >= 4 is 35.6 Å². The predicted octanol–water partition coefficient (Wildman–Crippen LogP) is 4.52. The van der Waals surface area contributed by atoms with E-state index < -0.39 is 17.5 Å². The highest BCUT2D eigenvalue weighted by Gasteiger charge is 2.30. The normalized spacial score (nSPS) is 14.4. The number of rotatable bonds is 5. The molecule has 0 amide bonds. The number of carbonyl (C=O) groups excluding carboxylic acids is 3. The first kappa shape index (κ1) is 21.6. The van der Waals surface area contributed by atoms with Crippen LogP contribution in [0.2, 0.25) is 0 Å². The minimum atomic E-state index is -0.562. The van der Waals surface area contributed by atoms with E-state index in [1.165, 1.54) is 18.9 Å². The molecular weight excluding hydrogens is 404 g/mol. The van der Waals surface area contributed by atoms with Crippen molar-refractivity contribution in [2.75, 3.05) is 13.7 Å². The first-order chi connectivity index (χ1) is 14.2. The summed E-state index contributed by atoms with van der Waals surface area (Å²) in [7, 11) is 1.31. The molecule has 0 atom stereocenters. The van der Waals surface area contributed by atoms with Gasteiger partial charge in [-0.3, -0.25) is 4.79 Å². The van der Waals surface area contributed by atoms with Crippen LogP contribution in [0.5, 0.6) is 5.75 Å². The number of ether oxygens (including phenoxy) is 3. The van der Waals surface area contributed by atoms with Crippen molar-refractivity contribution in [1.82, 2.24) is 0 Å². The molecule has 2 aromatic carbocycles. The van der Waals surface area contributed by atoms with Gasteiger partial charge in [0.2, 0.25) is 5.78 Å². The number of allylic oxidation sites excluding steroid dienone is 1. The monoisotopic (exact) mass is 426 g/mol. The molecule has 0 aliphatic carbocycles. The molecule has 1 aliphatic heterocycles. The van der Waals surface area contributed by atoms with Crippen LogP contribution >= 0.6 is 11.8 Å². The van der Waals surface area contributed by atoms with Crippen molar-refractivity contribution < 1.29 is 28.6 Å². The molecule has 0 fully saturated rings. The summed E-state index contributed by atoms with van der Waals surface area (Å²) in [5.74, 6) is -0.531. The van der Waals surface area contributed by atoms with E-state index in [1.54, 1.807) is 69.3 Å². The third-order valence-electron chi connectivity index (χ3n) is 4.06. The fourth-order valence-corrected chi connectivity index (χ4v) is 3.96. The van der Waals surface area contributed by atoms with E-state index >= 15 is 0 Å². The second-order valence-corrected chi connectivity index (χ2v) is 8.61. The Morgan fingerprint density at radius 1 is 1.07 bits per heavy atom. The topological polar surface area (TPSA) is 78.9 Å². The van der Waals surface area contributed by atoms with Gasteiger partial charge in [-0.05, 0) is 56.7 Å². The van der Waals surface area contributed by atoms with E-state index in [9.17, 15) is 14.4 Å². The number of methoxy groups -OCH3 is 1. The highest BCUT2D eigenvalue weighted by molar-refractivity contribution is 8.05. The van der Waals surface area contributed by atoms with E-state index in [1.807, 2.05) is 0 Å². The number of carbonyl (C=O) groups is 3. The molecule has 3 rings (SSSR count). The van der Waals surface area contributed by atoms with Gasteiger partial charge in [0.05, 0.1) is 17.6 Å². The molecule has 0 saturated heterocycles. The summed E-state index contributed by atoms with van der Waals surface area (Å²) >= 11 is 1.25. The van der Waals surface area contributed by atoms with Crippen molar-refractivity contribution in [3.63, 3.8) is 0 Å². The zero-order valence-electron chi connectivity index (χ0n) is 17.2. The zero-order valence-corrected chi connectivity index (χ0v) is 18.0. The lowest BCUT2D eigenvalue weighted by Gasteiger charge is -2.19. The molecule has 1 aliphatic rings. The van der Waals surface area contributed by atoms with Crippen LogP contribution in [0.4, 0.5) is 0 Å². The van der Waals surface area contributed by atoms with Gasteiger partial charge in [-0.15, -0.1) is 0 Å². The number of benzene rings is 2. The van der Waals surface area contributed by atoms with Gasteiger partial charge in [-0.1, -0.05) is 30.0 Å². The van der Waals surface area contributed by atoms with Crippen molar-refractivity contribution in [2.24, 2.45) is 0 Å². The summed E-state index contributed by atoms with van der Waals surface area (Å²) in [6, 6.07) is 12.0. The maximum absolute atomic E-state index is 12.7. The molecule has 0 unspecified atom stereocenters. The van der Waals surface area contributed by atoms with Gasteiger partial charge >= 0.3 is 11.9 Å². The smallest absolute Gasteiger partial charge is 0.344 e. The van der Waals surface area contributed by atoms with E-state index in [4.69, 9.17) is 14.2 Å². The number of hydrogen-bond acceptors (Lipinski definition) is 7. The number of thioether (sulfide) groups is 1. The SMILES string of the molecule is COC(=O)c1cccc2c1S/C(=C\c1ccc(OCC(=O)OC(C)(C)C)cc1)C2=O. The Morgan fingerprint density at radius 3 is 2.40 bits per heavy atom. The lowest BCUT2D eigenvalue weighted by molar-refractivity contribution is -0.157. The van der Waals surface area contributed by atoms with Crippen molar-refractivity contribution in [3.05, 3.63) is 64.1 Å². The standard InChI is InChI=1S/C23H22O6S/c1-23(2,3)29-19(24)13-28-15-10-8-14(9-11-15)12-18-20(25)16-6-5-7-17(21(16)30-18)22(26)27-4/h5-12H,13H2,1-4H3/b18-12-. The first-order valence-corrected chi connectivity index (χ1v) is 10.1. The maximum atomic E-state index is 12.7. The second kappa shape index (κ2) is 8.75. The largest absolute Gasteiger partial charge is 0.482 e. The van der Waals surface area contributed by atoms with Crippen LogP contribution < -0.4 is 4.74 Å². The Bertz CT molecular complexity index is 1010. The minimum absolute atomic E-state index is 0.133. The van der Waals surface area contributed by atoms with Crippen LogP contribution in [0, 0.1) is 0 Å². The van der Waals surface area contributed by atoms with Crippen molar-refractivity contribution in [1.29, 1.82) is 0 Å². The summed E-state index contributed by atoms with van der Waals surface area (Å²) in [5, 5.41) is 0. The Hall–Kier alpha value is -3.06. The molecule has 0 aromatic heterocycles. The van der Waals surface area contributed by atoms with Crippen LogP contribution in [0.3, 0.4) is 0 Å². The van der Waals surface area contributed by atoms with E-state index in [0.29, 0.717) is 26.7 Å². The molecule has 0 saturated carbocycles.